The maximum Gasteiger partial charge on any atom is 0.333 e. The first kappa shape index (κ1) is 25.2. The molecule has 3 aromatic rings. The van der Waals surface area contributed by atoms with E-state index in [1.165, 1.54) is 23.9 Å². The molecule has 5 rings (SSSR count). The van der Waals surface area contributed by atoms with E-state index in [4.69, 9.17) is 25.7 Å². The molecule has 0 bridgehead atoms. The molecule has 9 nitrogen and oxygen atoms in total. The number of carbonyl (C=O) groups excluding carboxylic acids is 1. The molecule has 3 heterocycles. The smallest absolute Gasteiger partial charge is 0.333 e. The fourth-order valence-corrected chi connectivity index (χ4v) is 6.36. The molecule has 1 fully saturated rings. The molecule has 1 aromatic carbocycles. The van der Waals surface area contributed by atoms with Crippen LogP contribution in [0.4, 0.5) is 5.82 Å². The van der Waals surface area contributed by atoms with Crippen LogP contribution in [0.1, 0.15) is 57.3 Å². The van der Waals surface area contributed by atoms with Gasteiger partial charge in [-0.05, 0) is 65.8 Å². The molecule has 1 aliphatic heterocycles. The third-order valence-electron chi connectivity index (χ3n) is 6.53. The lowest BCUT2D eigenvalue weighted by Crippen LogP contribution is -2.22. The second-order valence-electron chi connectivity index (χ2n) is 8.96. The van der Waals surface area contributed by atoms with Gasteiger partial charge in [0.2, 0.25) is 5.78 Å². The van der Waals surface area contributed by atoms with Gasteiger partial charge in [0.25, 0.3) is 0 Å². The molecule has 0 saturated heterocycles. The van der Waals surface area contributed by atoms with Crippen LogP contribution in [0, 0.1) is 5.92 Å². The highest BCUT2D eigenvalue weighted by Gasteiger charge is 2.29. The van der Waals surface area contributed by atoms with Crippen molar-refractivity contribution in [1.29, 1.82) is 0 Å². The lowest BCUT2D eigenvalue weighted by molar-refractivity contribution is 0.0701. The Bertz CT molecular complexity index is 1380. The van der Waals surface area contributed by atoms with E-state index in [0.717, 1.165) is 41.0 Å². The fraction of sp³-hybridized carbons (Fsp3) is 0.375. The standard InChI is InChI=1S/C24H25ClN4O5S2/c25-20-3-1-2-18-17(20)6-7-33-23(18)15-9-21(35-12-15)22(30)19-10-27-13-28-24(19)29-16-5-4-14(8-16)11-34-36(26,31)32/h1-3,9-10,12-14,16,23H,4-8,11H2,(H2,26,31,32)(H,27,28,29). The summed E-state index contributed by atoms with van der Waals surface area (Å²) in [7, 11) is -3.96. The molecular weight excluding hydrogens is 524 g/mol. The number of rotatable bonds is 8. The molecule has 2 aromatic heterocycles. The molecular formula is C24H25ClN4O5S2. The molecule has 190 valence electrons. The zero-order valence-corrected chi connectivity index (χ0v) is 21.6. The number of nitrogens with one attached hydrogen (secondary N) is 1. The molecule has 2 aliphatic rings. The predicted molar refractivity (Wildman–Crippen MR) is 137 cm³/mol. The van der Waals surface area contributed by atoms with Crippen molar-refractivity contribution >= 4 is 44.8 Å². The number of nitrogens with zero attached hydrogens (tertiary/aromatic N) is 2. The molecule has 1 aliphatic carbocycles. The van der Waals surface area contributed by atoms with Crippen LogP contribution in [0.15, 0.2) is 42.2 Å². The topological polar surface area (TPSA) is 134 Å². The number of halogens is 1. The van der Waals surface area contributed by atoms with Gasteiger partial charge in [-0.15, -0.1) is 11.3 Å². The SMILES string of the molecule is NS(=O)(=O)OCC1CCC(Nc2ncncc2C(=O)c2cc(C3OCCc4c(Cl)cccc43)cs2)C1. The highest BCUT2D eigenvalue weighted by molar-refractivity contribution is 7.84. The van der Waals surface area contributed by atoms with E-state index in [9.17, 15) is 13.2 Å². The van der Waals surface area contributed by atoms with Gasteiger partial charge >= 0.3 is 10.3 Å². The summed E-state index contributed by atoms with van der Waals surface area (Å²) in [5.74, 6) is 0.325. The first-order chi connectivity index (χ1) is 17.3. The van der Waals surface area contributed by atoms with Gasteiger partial charge in [0.05, 0.1) is 23.7 Å². The van der Waals surface area contributed by atoms with E-state index in [2.05, 4.69) is 15.3 Å². The molecule has 3 unspecified atom stereocenters. The Morgan fingerprint density at radius 3 is 3.03 bits per heavy atom. The molecule has 0 spiro atoms. The summed E-state index contributed by atoms with van der Waals surface area (Å²) in [4.78, 5) is 22.4. The molecule has 3 N–H and O–H groups in total. The minimum Gasteiger partial charge on any atom is -0.368 e. The fourth-order valence-electron chi connectivity index (χ4n) is 4.82. The zero-order chi connectivity index (χ0) is 25.3. The number of anilines is 1. The zero-order valence-electron chi connectivity index (χ0n) is 19.2. The molecule has 1 saturated carbocycles. The Morgan fingerprint density at radius 2 is 2.19 bits per heavy atom. The molecule has 36 heavy (non-hydrogen) atoms. The van der Waals surface area contributed by atoms with E-state index in [-0.39, 0.29) is 30.5 Å². The maximum atomic E-state index is 13.4. The summed E-state index contributed by atoms with van der Waals surface area (Å²) in [6.45, 7) is 0.605. The first-order valence-corrected chi connectivity index (χ1v) is 14.3. The van der Waals surface area contributed by atoms with E-state index < -0.39 is 10.3 Å². The third-order valence-corrected chi connectivity index (χ3v) is 8.29. The van der Waals surface area contributed by atoms with Crippen molar-refractivity contribution in [3.63, 3.8) is 0 Å². The average Bonchev–Trinajstić information content (AvgIpc) is 3.52. The molecule has 0 amide bonds. The summed E-state index contributed by atoms with van der Waals surface area (Å²) in [5, 5.41) is 10.9. The van der Waals surface area contributed by atoms with Crippen molar-refractivity contribution in [2.75, 3.05) is 18.5 Å². The number of ether oxygens (including phenoxy) is 1. The van der Waals surface area contributed by atoms with E-state index in [1.807, 2.05) is 29.6 Å². The van der Waals surface area contributed by atoms with Crippen LogP contribution < -0.4 is 10.5 Å². The van der Waals surface area contributed by atoms with Gasteiger partial charge < -0.3 is 10.1 Å². The lowest BCUT2D eigenvalue weighted by Gasteiger charge is -2.26. The Morgan fingerprint density at radius 1 is 1.33 bits per heavy atom. The third kappa shape index (κ3) is 5.61. The highest BCUT2D eigenvalue weighted by Crippen LogP contribution is 2.38. The minimum absolute atomic E-state index is 0.0244. The van der Waals surface area contributed by atoms with Crippen molar-refractivity contribution < 1.29 is 22.1 Å². The van der Waals surface area contributed by atoms with Crippen LogP contribution in [0.3, 0.4) is 0 Å². The van der Waals surface area contributed by atoms with Gasteiger partial charge in [-0.1, -0.05) is 23.7 Å². The quantitative estimate of drug-likeness (QED) is 0.405. The Kier molecular flexibility index (Phi) is 7.38. The van der Waals surface area contributed by atoms with Gasteiger partial charge in [-0.25, -0.2) is 15.1 Å². The highest BCUT2D eigenvalue weighted by atomic mass is 35.5. The predicted octanol–water partition coefficient (Wildman–Crippen LogP) is 3.89. The van der Waals surface area contributed by atoms with Gasteiger partial charge in [-0.3, -0.25) is 8.98 Å². The van der Waals surface area contributed by atoms with Gasteiger partial charge in [-0.2, -0.15) is 8.42 Å². The summed E-state index contributed by atoms with van der Waals surface area (Å²) in [6.07, 6.45) is 5.64. The maximum absolute atomic E-state index is 13.4. The number of fused-ring (bicyclic) bond motifs is 1. The summed E-state index contributed by atoms with van der Waals surface area (Å²) in [6, 6.07) is 7.70. The summed E-state index contributed by atoms with van der Waals surface area (Å²) >= 11 is 7.75. The van der Waals surface area contributed by atoms with Crippen LogP contribution in [0.2, 0.25) is 5.02 Å². The molecule has 12 heteroatoms. The van der Waals surface area contributed by atoms with Crippen molar-refractivity contribution in [2.24, 2.45) is 11.1 Å². The van der Waals surface area contributed by atoms with Gasteiger partial charge in [0, 0.05) is 17.3 Å². The molecule has 0 radical (unpaired) electrons. The number of benzene rings is 1. The Labute approximate surface area is 218 Å². The van der Waals surface area contributed by atoms with E-state index in [1.54, 1.807) is 0 Å². The van der Waals surface area contributed by atoms with Crippen LogP contribution >= 0.6 is 22.9 Å². The van der Waals surface area contributed by atoms with Crippen LogP contribution in [0.25, 0.3) is 0 Å². The Hall–Kier alpha value is -2.41. The number of thiophene rings is 1. The largest absolute Gasteiger partial charge is 0.368 e. The normalized spacial score (nSPS) is 21.8. The van der Waals surface area contributed by atoms with Crippen molar-refractivity contribution in [3.05, 3.63) is 74.3 Å². The van der Waals surface area contributed by atoms with Crippen LogP contribution in [0.5, 0.6) is 0 Å². The first-order valence-electron chi connectivity index (χ1n) is 11.5. The number of aromatic nitrogens is 2. The second kappa shape index (κ2) is 10.5. The summed E-state index contributed by atoms with van der Waals surface area (Å²) in [5.41, 5.74) is 3.40. The van der Waals surface area contributed by atoms with E-state index in [0.29, 0.717) is 29.3 Å². The van der Waals surface area contributed by atoms with Gasteiger partial charge in [0.15, 0.2) is 0 Å². The Balaban J connectivity index is 1.30. The van der Waals surface area contributed by atoms with E-state index >= 15 is 0 Å². The number of nitrogens with two attached hydrogens (primary N) is 1. The van der Waals surface area contributed by atoms with Gasteiger partial charge in [0.1, 0.15) is 18.2 Å². The summed E-state index contributed by atoms with van der Waals surface area (Å²) < 4.78 is 32.9. The van der Waals surface area contributed by atoms with Crippen LogP contribution in [-0.4, -0.2) is 43.4 Å². The lowest BCUT2D eigenvalue weighted by atomic mass is 9.94. The molecule has 3 atom stereocenters. The van der Waals surface area contributed by atoms with Crippen molar-refractivity contribution in [2.45, 2.75) is 37.8 Å². The number of hydrogen-bond acceptors (Lipinski definition) is 9. The monoisotopic (exact) mass is 548 g/mol. The van der Waals surface area contributed by atoms with Crippen LogP contribution in [-0.2, 0) is 25.6 Å². The average molecular weight is 549 g/mol. The number of carbonyl (C=O) groups is 1. The number of hydrogen-bond donors (Lipinski definition) is 2. The van der Waals surface area contributed by atoms with Crippen molar-refractivity contribution in [3.8, 4) is 0 Å². The van der Waals surface area contributed by atoms with Crippen molar-refractivity contribution in [1.82, 2.24) is 9.97 Å². The number of ketones is 1. The minimum atomic E-state index is -3.96. The second-order valence-corrected chi connectivity index (χ2v) is 11.5.